The molecular weight excluding hydrogens is 226 g/mol. The lowest BCUT2D eigenvalue weighted by atomic mass is 9.98. The Morgan fingerprint density at radius 2 is 2.00 bits per heavy atom. The van der Waals surface area contributed by atoms with Crippen LogP contribution in [-0.4, -0.2) is 12.3 Å². The fraction of sp³-hybridized carbons (Fsp3) is 0.267. The molecule has 0 unspecified atom stereocenters. The molecular formula is C15H15NS. The van der Waals surface area contributed by atoms with E-state index in [-0.39, 0.29) is 0 Å². The van der Waals surface area contributed by atoms with Gasteiger partial charge in [-0.25, -0.2) is 0 Å². The van der Waals surface area contributed by atoms with E-state index in [0.29, 0.717) is 0 Å². The lowest BCUT2D eigenvalue weighted by molar-refractivity contribution is 0.965. The summed E-state index contributed by atoms with van der Waals surface area (Å²) < 4.78 is 0. The summed E-state index contributed by atoms with van der Waals surface area (Å²) in [4.78, 5) is 6.17. The minimum Gasteiger partial charge on any atom is -0.284 e. The van der Waals surface area contributed by atoms with Crippen LogP contribution in [0, 0.1) is 0 Å². The van der Waals surface area contributed by atoms with E-state index in [1.165, 1.54) is 27.3 Å². The van der Waals surface area contributed by atoms with Crippen LogP contribution in [-0.2, 0) is 12.8 Å². The SMILES string of the molecule is CCc1ccc(C2=NCCc3sccc32)cc1. The maximum absolute atomic E-state index is 4.69. The van der Waals surface area contributed by atoms with Crippen LogP contribution in [0.25, 0.3) is 0 Å². The van der Waals surface area contributed by atoms with E-state index in [4.69, 9.17) is 4.99 Å². The Bertz CT molecular complexity index is 549. The summed E-state index contributed by atoms with van der Waals surface area (Å²) in [5, 5.41) is 2.17. The molecule has 3 rings (SSSR count). The van der Waals surface area contributed by atoms with Crippen molar-refractivity contribution in [3.63, 3.8) is 0 Å². The molecule has 0 atom stereocenters. The van der Waals surface area contributed by atoms with Crippen molar-refractivity contribution in [3.8, 4) is 0 Å². The van der Waals surface area contributed by atoms with E-state index in [1.54, 1.807) is 0 Å². The highest BCUT2D eigenvalue weighted by molar-refractivity contribution is 7.10. The molecule has 0 radical (unpaired) electrons. The van der Waals surface area contributed by atoms with Crippen LogP contribution < -0.4 is 0 Å². The van der Waals surface area contributed by atoms with E-state index in [1.807, 2.05) is 11.3 Å². The second-order valence-corrected chi connectivity index (χ2v) is 5.29. The highest BCUT2D eigenvalue weighted by Gasteiger charge is 2.16. The Kier molecular flexibility index (Phi) is 2.81. The zero-order chi connectivity index (χ0) is 11.7. The first kappa shape index (κ1) is 10.7. The number of hydrogen-bond donors (Lipinski definition) is 0. The smallest absolute Gasteiger partial charge is 0.0730 e. The molecule has 0 saturated carbocycles. The van der Waals surface area contributed by atoms with Gasteiger partial charge in [0.2, 0.25) is 0 Å². The molecule has 1 aliphatic heterocycles. The Morgan fingerprint density at radius 3 is 2.76 bits per heavy atom. The summed E-state index contributed by atoms with van der Waals surface area (Å²) in [5.41, 5.74) is 5.15. The van der Waals surface area contributed by atoms with E-state index in [9.17, 15) is 0 Å². The van der Waals surface area contributed by atoms with E-state index < -0.39 is 0 Å². The summed E-state index contributed by atoms with van der Waals surface area (Å²) >= 11 is 1.85. The topological polar surface area (TPSA) is 12.4 Å². The Labute approximate surface area is 106 Å². The first-order valence-corrected chi connectivity index (χ1v) is 6.97. The van der Waals surface area contributed by atoms with Crippen LogP contribution in [0.2, 0.25) is 0 Å². The summed E-state index contributed by atoms with van der Waals surface area (Å²) in [6, 6.07) is 11.0. The lowest BCUT2D eigenvalue weighted by Crippen LogP contribution is -2.11. The van der Waals surface area contributed by atoms with Gasteiger partial charge < -0.3 is 0 Å². The van der Waals surface area contributed by atoms with Crippen LogP contribution in [0.15, 0.2) is 40.7 Å². The molecule has 2 heteroatoms. The van der Waals surface area contributed by atoms with Gasteiger partial charge in [-0.15, -0.1) is 11.3 Å². The largest absolute Gasteiger partial charge is 0.284 e. The van der Waals surface area contributed by atoms with E-state index in [0.717, 1.165) is 19.4 Å². The number of nitrogens with zero attached hydrogens (tertiary/aromatic N) is 1. The minimum atomic E-state index is 0.929. The third-order valence-electron chi connectivity index (χ3n) is 3.24. The van der Waals surface area contributed by atoms with Gasteiger partial charge in [-0.05, 0) is 23.4 Å². The van der Waals surface area contributed by atoms with Gasteiger partial charge in [-0.2, -0.15) is 0 Å². The molecule has 0 bridgehead atoms. The summed E-state index contributed by atoms with van der Waals surface area (Å²) in [5.74, 6) is 0. The number of benzene rings is 1. The Balaban J connectivity index is 2.01. The van der Waals surface area contributed by atoms with Crippen LogP contribution in [0.3, 0.4) is 0 Å². The molecule has 2 aromatic rings. The first-order valence-electron chi connectivity index (χ1n) is 6.09. The van der Waals surface area contributed by atoms with Crippen molar-refractivity contribution in [2.75, 3.05) is 6.54 Å². The third kappa shape index (κ3) is 1.93. The fourth-order valence-corrected chi connectivity index (χ4v) is 3.11. The number of aryl methyl sites for hydroxylation is 1. The van der Waals surface area contributed by atoms with Gasteiger partial charge >= 0.3 is 0 Å². The predicted molar refractivity (Wildman–Crippen MR) is 74.3 cm³/mol. The second kappa shape index (κ2) is 4.46. The average Bonchev–Trinajstić information content (AvgIpc) is 2.87. The number of aliphatic imine (C=N–C) groups is 1. The molecule has 86 valence electrons. The molecule has 1 aromatic heterocycles. The van der Waals surface area contributed by atoms with E-state index in [2.05, 4.69) is 42.6 Å². The van der Waals surface area contributed by atoms with Crippen LogP contribution in [0.5, 0.6) is 0 Å². The number of thiophene rings is 1. The molecule has 1 aliphatic rings. The van der Waals surface area contributed by atoms with Crippen molar-refractivity contribution in [2.24, 2.45) is 4.99 Å². The van der Waals surface area contributed by atoms with Crippen molar-refractivity contribution in [2.45, 2.75) is 19.8 Å². The molecule has 17 heavy (non-hydrogen) atoms. The molecule has 0 spiro atoms. The van der Waals surface area contributed by atoms with Gasteiger partial charge in [-0.1, -0.05) is 31.2 Å². The number of hydrogen-bond acceptors (Lipinski definition) is 2. The monoisotopic (exact) mass is 241 g/mol. The average molecular weight is 241 g/mol. The zero-order valence-electron chi connectivity index (χ0n) is 9.94. The maximum Gasteiger partial charge on any atom is 0.0730 e. The first-order chi connectivity index (χ1) is 8.38. The van der Waals surface area contributed by atoms with Crippen molar-refractivity contribution in [3.05, 3.63) is 57.3 Å². The molecule has 0 N–H and O–H groups in total. The Morgan fingerprint density at radius 1 is 1.18 bits per heavy atom. The molecule has 0 fully saturated rings. The molecule has 2 heterocycles. The van der Waals surface area contributed by atoms with Gasteiger partial charge in [-0.3, -0.25) is 4.99 Å². The van der Waals surface area contributed by atoms with Gasteiger partial charge in [0.1, 0.15) is 0 Å². The van der Waals surface area contributed by atoms with Crippen LogP contribution >= 0.6 is 11.3 Å². The minimum absolute atomic E-state index is 0.929. The lowest BCUT2D eigenvalue weighted by Gasteiger charge is -2.13. The highest BCUT2D eigenvalue weighted by atomic mass is 32.1. The Hall–Kier alpha value is -1.41. The molecule has 0 saturated heterocycles. The van der Waals surface area contributed by atoms with Gasteiger partial charge in [0.15, 0.2) is 0 Å². The van der Waals surface area contributed by atoms with Gasteiger partial charge in [0, 0.05) is 29.0 Å². The normalized spacial score (nSPS) is 14.3. The number of fused-ring (bicyclic) bond motifs is 1. The third-order valence-corrected chi connectivity index (χ3v) is 4.23. The zero-order valence-corrected chi connectivity index (χ0v) is 10.8. The van der Waals surface area contributed by atoms with Gasteiger partial charge in [0.05, 0.1) is 5.71 Å². The summed E-state index contributed by atoms with van der Waals surface area (Å²) in [6.07, 6.45) is 2.19. The fourth-order valence-electron chi connectivity index (χ4n) is 2.24. The number of rotatable bonds is 2. The summed E-state index contributed by atoms with van der Waals surface area (Å²) in [7, 11) is 0. The molecule has 1 aromatic carbocycles. The standard InChI is InChI=1S/C15H15NS/c1-2-11-3-5-12(6-4-11)15-13-8-10-17-14(13)7-9-16-15/h3-6,8,10H,2,7,9H2,1H3. The highest BCUT2D eigenvalue weighted by Crippen LogP contribution is 2.25. The van der Waals surface area contributed by atoms with E-state index >= 15 is 0 Å². The van der Waals surface area contributed by atoms with Crippen LogP contribution in [0.1, 0.15) is 28.5 Å². The van der Waals surface area contributed by atoms with Crippen molar-refractivity contribution < 1.29 is 0 Å². The molecule has 1 nitrogen and oxygen atoms in total. The van der Waals surface area contributed by atoms with Gasteiger partial charge in [0.25, 0.3) is 0 Å². The van der Waals surface area contributed by atoms with Crippen molar-refractivity contribution in [1.82, 2.24) is 0 Å². The molecule has 0 amide bonds. The maximum atomic E-state index is 4.69. The second-order valence-electron chi connectivity index (χ2n) is 4.29. The quantitative estimate of drug-likeness (QED) is 0.760. The summed E-state index contributed by atoms with van der Waals surface area (Å²) in [6.45, 7) is 3.11. The predicted octanol–water partition coefficient (Wildman–Crippen LogP) is 3.70. The molecule has 0 aliphatic carbocycles. The van der Waals surface area contributed by atoms with Crippen molar-refractivity contribution >= 4 is 17.0 Å². The van der Waals surface area contributed by atoms with Crippen LogP contribution in [0.4, 0.5) is 0 Å². The van der Waals surface area contributed by atoms with Crippen molar-refractivity contribution in [1.29, 1.82) is 0 Å².